The molecule has 1 aromatic heterocycles. The highest BCUT2D eigenvalue weighted by atomic mass is 16.3. The number of aliphatic hydroxyl groups is 1. The van der Waals surface area contributed by atoms with Crippen LogP contribution in [0.4, 0.5) is 5.69 Å². The minimum atomic E-state index is -0.305. The summed E-state index contributed by atoms with van der Waals surface area (Å²) in [5.41, 5.74) is 1.66. The first-order chi connectivity index (χ1) is 10.1. The lowest BCUT2D eigenvalue weighted by atomic mass is 10.1. The molecule has 6 nitrogen and oxygen atoms in total. The van der Waals surface area contributed by atoms with E-state index < -0.39 is 0 Å². The second kappa shape index (κ2) is 6.99. The summed E-state index contributed by atoms with van der Waals surface area (Å²) >= 11 is 0. The summed E-state index contributed by atoms with van der Waals surface area (Å²) in [4.78, 5) is 12.1. The van der Waals surface area contributed by atoms with Gasteiger partial charge in [-0.25, -0.2) is 0 Å². The SMILES string of the molecule is CC(C)CCn1cc(C(=O)Nc2cccc(CO)c2)nn1. The number of hydrogen-bond donors (Lipinski definition) is 2. The Labute approximate surface area is 123 Å². The highest BCUT2D eigenvalue weighted by Crippen LogP contribution is 2.12. The number of aromatic nitrogens is 3. The van der Waals surface area contributed by atoms with Gasteiger partial charge in [-0.05, 0) is 30.0 Å². The lowest BCUT2D eigenvalue weighted by Crippen LogP contribution is -2.12. The number of benzene rings is 1. The first kappa shape index (κ1) is 15.2. The fourth-order valence-electron chi connectivity index (χ4n) is 1.84. The highest BCUT2D eigenvalue weighted by Gasteiger charge is 2.11. The van der Waals surface area contributed by atoms with Crippen LogP contribution in [0, 0.1) is 5.92 Å². The van der Waals surface area contributed by atoms with Gasteiger partial charge in [0.05, 0.1) is 12.8 Å². The van der Waals surface area contributed by atoms with E-state index in [9.17, 15) is 4.79 Å². The molecule has 0 aliphatic carbocycles. The van der Waals surface area contributed by atoms with Crippen LogP contribution in [0.5, 0.6) is 0 Å². The van der Waals surface area contributed by atoms with E-state index in [1.54, 1.807) is 35.1 Å². The number of rotatable bonds is 6. The maximum Gasteiger partial charge on any atom is 0.277 e. The molecule has 0 saturated heterocycles. The highest BCUT2D eigenvalue weighted by molar-refractivity contribution is 6.02. The Morgan fingerprint density at radius 3 is 2.95 bits per heavy atom. The molecule has 2 aromatic rings. The minimum Gasteiger partial charge on any atom is -0.392 e. The smallest absolute Gasteiger partial charge is 0.277 e. The van der Waals surface area contributed by atoms with Crippen molar-refractivity contribution in [3.63, 3.8) is 0 Å². The summed E-state index contributed by atoms with van der Waals surface area (Å²) < 4.78 is 1.68. The second-order valence-electron chi connectivity index (χ2n) is 5.36. The maximum atomic E-state index is 12.1. The Morgan fingerprint density at radius 1 is 1.43 bits per heavy atom. The molecule has 2 rings (SSSR count). The molecule has 0 fully saturated rings. The largest absolute Gasteiger partial charge is 0.392 e. The number of nitrogens with one attached hydrogen (secondary N) is 1. The van der Waals surface area contributed by atoms with Gasteiger partial charge in [-0.2, -0.15) is 0 Å². The molecule has 21 heavy (non-hydrogen) atoms. The molecule has 0 aliphatic rings. The van der Waals surface area contributed by atoms with Gasteiger partial charge in [0.15, 0.2) is 5.69 Å². The fourth-order valence-corrected chi connectivity index (χ4v) is 1.84. The maximum absolute atomic E-state index is 12.1. The summed E-state index contributed by atoms with van der Waals surface area (Å²) in [5, 5.41) is 19.7. The molecule has 0 spiro atoms. The topological polar surface area (TPSA) is 80.0 Å². The van der Waals surface area contributed by atoms with Gasteiger partial charge in [-0.3, -0.25) is 9.48 Å². The van der Waals surface area contributed by atoms with Crippen LogP contribution in [0.15, 0.2) is 30.5 Å². The number of nitrogens with zero attached hydrogens (tertiary/aromatic N) is 3. The van der Waals surface area contributed by atoms with Crippen LogP contribution in [-0.2, 0) is 13.2 Å². The zero-order valence-corrected chi connectivity index (χ0v) is 12.3. The summed E-state index contributed by atoms with van der Waals surface area (Å²) in [6.07, 6.45) is 2.64. The van der Waals surface area contributed by atoms with Crippen molar-refractivity contribution in [3.05, 3.63) is 41.7 Å². The Morgan fingerprint density at radius 2 is 2.24 bits per heavy atom. The van der Waals surface area contributed by atoms with Crippen molar-refractivity contribution in [2.24, 2.45) is 5.92 Å². The predicted octanol–water partition coefficient (Wildman–Crippen LogP) is 2.07. The van der Waals surface area contributed by atoms with E-state index in [0.29, 0.717) is 11.6 Å². The molecule has 6 heteroatoms. The molecule has 1 heterocycles. The number of anilines is 1. The Bertz CT molecular complexity index is 607. The molecular formula is C15H20N4O2. The molecule has 0 radical (unpaired) electrons. The third-order valence-electron chi connectivity index (χ3n) is 3.07. The Balaban J connectivity index is 1.99. The van der Waals surface area contributed by atoms with E-state index in [-0.39, 0.29) is 18.2 Å². The van der Waals surface area contributed by atoms with Crippen LogP contribution >= 0.6 is 0 Å². The summed E-state index contributed by atoms with van der Waals surface area (Å²) in [6, 6.07) is 7.06. The van der Waals surface area contributed by atoms with Crippen LogP contribution in [0.1, 0.15) is 36.3 Å². The van der Waals surface area contributed by atoms with E-state index in [1.165, 1.54) is 0 Å². The first-order valence-electron chi connectivity index (χ1n) is 6.99. The van der Waals surface area contributed by atoms with Crippen molar-refractivity contribution in [1.29, 1.82) is 0 Å². The number of carbonyl (C=O) groups is 1. The van der Waals surface area contributed by atoms with Gasteiger partial charge in [0.2, 0.25) is 0 Å². The number of hydrogen-bond acceptors (Lipinski definition) is 4. The standard InChI is InChI=1S/C15H20N4O2/c1-11(2)6-7-19-9-14(17-18-19)15(21)16-13-5-3-4-12(8-13)10-20/h3-5,8-9,11,20H,6-7,10H2,1-2H3,(H,16,21). The van der Waals surface area contributed by atoms with Crippen molar-refractivity contribution in [2.75, 3.05) is 5.32 Å². The van der Waals surface area contributed by atoms with Crippen molar-refractivity contribution in [2.45, 2.75) is 33.4 Å². The molecule has 1 amide bonds. The number of aliphatic hydroxyl groups excluding tert-OH is 1. The molecule has 112 valence electrons. The Hall–Kier alpha value is -2.21. The van der Waals surface area contributed by atoms with E-state index in [4.69, 9.17) is 5.11 Å². The quantitative estimate of drug-likeness (QED) is 0.852. The molecule has 1 aromatic carbocycles. The molecule has 0 saturated carbocycles. The van der Waals surface area contributed by atoms with E-state index in [1.807, 2.05) is 0 Å². The normalized spacial score (nSPS) is 10.9. The number of carbonyl (C=O) groups excluding carboxylic acids is 1. The first-order valence-corrected chi connectivity index (χ1v) is 6.99. The zero-order chi connectivity index (χ0) is 15.2. The molecule has 2 N–H and O–H groups in total. The summed E-state index contributed by atoms with van der Waals surface area (Å²) in [6.45, 7) is 4.96. The average Bonchev–Trinajstić information content (AvgIpc) is 2.94. The molecule has 0 unspecified atom stereocenters. The van der Waals surface area contributed by atoms with Gasteiger partial charge in [0.25, 0.3) is 5.91 Å². The second-order valence-corrected chi connectivity index (χ2v) is 5.36. The van der Waals surface area contributed by atoms with Crippen LogP contribution < -0.4 is 5.32 Å². The van der Waals surface area contributed by atoms with Crippen molar-refractivity contribution in [1.82, 2.24) is 15.0 Å². The van der Waals surface area contributed by atoms with Gasteiger partial charge in [0, 0.05) is 12.2 Å². The van der Waals surface area contributed by atoms with E-state index in [2.05, 4.69) is 29.5 Å². The lowest BCUT2D eigenvalue weighted by molar-refractivity contribution is 0.102. The number of amides is 1. The van der Waals surface area contributed by atoms with Crippen LogP contribution in [0.3, 0.4) is 0 Å². The Kier molecular flexibility index (Phi) is 5.05. The van der Waals surface area contributed by atoms with Gasteiger partial charge in [0.1, 0.15) is 0 Å². The third kappa shape index (κ3) is 4.39. The minimum absolute atomic E-state index is 0.0604. The van der Waals surface area contributed by atoms with Gasteiger partial charge in [-0.15, -0.1) is 5.10 Å². The average molecular weight is 288 g/mol. The van der Waals surface area contributed by atoms with Crippen LogP contribution in [0.2, 0.25) is 0 Å². The number of aryl methyl sites for hydroxylation is 1. The van der Waals surface area contributed by atoms with Gasteiger partial charge >= 0.3 is 0 Å². The predicted molar refractivity (Wildman–Crippen MR) is 79.8 cm³/mol. The molecule has 0 atom stereocenters. The third-order valence-corrected chi connectivity index (χ3v) is 3.07. The van der Waals surface area contributed by atoms with E-state index >= 15 is 0 Å². The van der Waals surface area contributed by atoms with Gasteiger partial charge < -0.3 is 10.4 Å². The lowest BCUT2D eigenvalue weighted by Gasteiger charge is -2.04. The monoisotopic (exact) mass is 288 g/mol. The van der Waals surface area contributed by atoms with Crippen molar-refractivity contribution < 1.29 is 9.90 Å². The molecule has 0 aliphatic heterocycles. The van der Waals surface area contributed by atoms with E-state index in [0.717, 1.165) is 18.5 Å². The summed E-state index contributed by atoms with van der Waals surface area (Å²) in [7, 11) is 0. The fraction of sp³-hybridized carbons (Fsp3) is 0.400. The summed E-state index contributed by atoms with van der Waals surface area (Å²) in [5.74, 6) is 0.272. The van der Waals surface area contributed by atoms with Crippen LogP contribution in [0.25, 0.3) is 0 Å². The zero-order valence-electron chi connectivity index (χ0n) is 12.3. The molecular weight excluding hydrogens is 268 g/mol. The van der Waals surface area contributed by atoms with Crippen molar-refractivity contribution >= 4 is 11.6 Å². The van der Waals surface area contributed by atoms with Crippen molar-refractivity contribution in [3.8, 4) is 0 Å². The van der Waals surface area contributed by atoms with Gasteiger partial charge in [-0.1, -0.05) is 31.2 Å². The molecule has 0 bridgehead atoms. The van der Waals surface area contributed by atoms with Crippen LogP contribution in [-0.4, -0.2) is 26.0 Å².